The summed E-state index contributed by atoms with van der Waals surface area (Å²) in [6, 6.07) is 6.22. The van der Waals surface area contributed by atoms with E-state index in [1.54, 1.807) is 0 Å². The Labute approximate surface area is 119 Å². The van der Waals surface area contributed by atoms with Crippen molar-refractivity contribution in [1.29, 1.82) is 0 Å². The molecule has 2 nitrogen and oxygen atoms in total. The zero-order valence-corrected chi connectivity index (χ0v) is 12.3. The predicted molar refractivity (Wildman–Crippen MR) is 76.4 cm³/mol. The van der Waals surface area contributed by atoms with Gasteiger partial charge in [0.15, 0.2) is 0 Å². The summed E-state index contributed by atoms with van der Waals surface area (Å²) in [5.41, 5.74) is 1.02. The molecule has 4 heteroatoms. The maximum absolute atomic E-state index is 6.17. The molecule has 0 bridgehead atoms. The molecule has 1 N–H and O–H groups in total. The van der Waals surface area contributed by atoms with Gasteiger partial charge >= 0.3 is 0 Å². The molecule has 1 atom stereocenters. The van der Waals surface area contributed by atoms with Gasteiger partial charge in [-0.25, -0.2) is 0 Å². The monoisotopic (exact) mass is 287 g/mol. The molecule has 1 fully saturated rings. The van der Waals surface area contributed by atoms with Crippen molar-refractivity contribution in [3.05, 3.63) is 33.8 Å². The fourth-order valence-electron chi connectivity index (χ4n) is 2.35. The highest BCUT2D eigenvalue weighted by Crippen LogP contribution is 2.27. The molecule has 0 aliphatic carbocycles. The minimum Gasteiger partial charge on any atom is -0.375 e. The molecule has 0 amide bonds. The Morgan fingerprint density at radius 2 is 2.17 bits per heavy atom. The standard InChI is InChI=1S/C14H19Cl2NO/c1-14(2)8-11(6-7-18-14)17-9-10-4-3-5-12(15)13(10)16/h3-5,11,17H,6-9H2,1-2H3. The summed E-state index contributed by atoms with van der Waals surface area (Å²) in [5.74, 6) is 0. The quantitative estimate of drug-likeness (QED) is 0.906. The van der Waals surface area contributed by atoms with E-state index in [0.29, 0.717) is 16.1 Å². The first-order chi connectivity index (χ1) is 8.48. The predicted octanol–water partition coefficient (Wildman–Crippen LogP) is 4.04. The highest BCUT2D eigenvalue weighted by molar-refractivity contribution is 6.42. The van der Waals surface area contributed by atoms with E-state index < -0.39 is 0 Å². The SMILES string of the molecule is CC1(C)CC(NCc2cccc(Cl)c2Cl)CCO1. The molecule has 100 valence electrons. The van der Waals surface area contributed by atoms with Gasteiger partial charge in [0, 0.05) is 19.2 Å². The van der Waals surface area contributed by atoms with Crippen LogP contribution in [0.15, 0.2) is 18.2 Å². The Balaban J connectivity index is 1.93. The van der Waals surface area contributed by atoms with Crippen LogP contribution in [0.2, 0.25) is 10.0 Å². The van der Waals surface area contributed by atoms with Crippen molar-refractivity contribution in [3.63, 3.8) is 0 Å². The number of halogens is 2. The fraction of sp³-hybridized carbons (Fsp3) is 0.571. The van der Waals surface area contributed by atoms with Gasteiger partial charge in [0.1, 0.15) is 0 Å². The summed E-state index contributed by atoms with van der Waals surface area (Å²) < 4.78 is 5.70. The highest BCUT2D eigenvalue weighted by Gasteiger charge is 2.28. The fourth-order valence-corrected chi connectivity index (χ4v) is 2.73. The van der Waals surface area contributed by atoms with E-state index >= 15 is 0 Å². The zero-order chi connectivity index (χ0) is 13.2. The molecule has 18 heavy (non-hydrogen) atoms. The van der Waals surface area contributed by atoms with Crippen LogP contribution in [0.25, 0.3) is 0 Å². The first kappa shape index (κ1) is 14.1. The third-order valence-corrected chi connectivity index (χ3v) is 4.17. The van der Waals surface area contributed by atoms with Crippen LogP contribution in [0.1, 0.15) is 32.3 Å². The zero-order valence-electron chi connectivity index (χ0n) is 10.8. The molecular formula is C14H19Cl2NO. The Morgan fingerprint density at radius 3 is 2.89 bits per heavy atom. The van der Waals surface area contributed by atoms with Gasteiger partial charge in [0.25, 0.3) is 0 Å². The molecule has 1 aliphatic rings. The lowest BCUT2D eigenvalue weighted by Gasteiger charge is -2.36. The molecule has 1 aromatic carbocycles. The van der Waals surface area contributed by atoms with E-state index in [1.165, 1.54) is 0 Å². The normalized spacial score (nSPS) is 23.0. The molecule has 1 saturated heterocycles. The van der Waals surface area contributed by atoms with Gasteiger partial charge in [-0.1, -0.05) is 35.3 Å². The summed E-state index contributed by atoms with van der Waals surface area (Å²) >= 11 is 12.2. The highest BCUT2D eigenvalue weighted by atomic mass is 35.5. The van der Waals surface area contributed by atoms with Crippen LogP contribution in [0, 0.1) is 0 Å². The molecule has 0 spiro atoms. The Morgan fingerprint density at radius 1 is 1.39 bits per heavy atom. The first-order valence-electron chi connectivity index (χ1n) is 6.28. The number of rotatable bonds is 3. The molecule has 0 saturated carbocycles. The van der Waals surface area contributed by atoms with Gasteiger partial charge < -0.3 is 10.1 Å². The van der Waals surface area contributed by atoms with Gasteiger partial charge in [-0.3, -0.25) is 0 Å². The summed E-state index contributed by atoms with van der Waals surface area (Å²) in [7, 11) is 0. The second-order valence-corrected chi connectivity index (χ2v) is 6.18. The van der Waals surface area contributed by atoms with Crippen molar-refractivity contribution in [2.24, 2.45) is 0 Å². The molecule has 1 unspecified atom stereocenters. The summed E-state index contributed by atoms with van der Waals surface area (Å²) in [5, 5.41) is 4.80. The third kappa shape index (κ3) is 3.61. The van der Waals surface area contributed by atoms with Crippen LogP contribution in [-0.4, -0.2) is 18.2 Å². The van der Waals surface area contributed by atoms with Gasteiger partial charge in [-0.05, 0) is 38.3 Å². The van der Waals surface area contributed by atoms with Crippen LogP contribution >= 0.6 is 23.2 Å². The van der Waals surface area contributed by atoms with Gasteiger partial charge in [-0.2, -0.15) is 0 Å². The van der Waals surface area contributed by atoms with E-state index in [4.69, 9.17) is 27.9 Å². The largest absolute Gasteiger partial charge is 0.375 e. The summed E-state index contributed by atoms with van der Waals surface area (Å²) in [6.07, 6.45) is 2.06. The second kappa shape index (κ2) is 5.79. The summed E-state index contributed by atoms with van der Waals surface area (Å²) in [4.78, 5) is 0. The summed E-state index contributed by atoms with van der Waals surface area (Å²) in [6.45, 7) is 5.83. The topological polar surface area (TPSA) is 21.3 Å². The van der Waals surface area contributed by atoms with Crippen LogP contribution in [0.3, 0.4) is 0 Å². The number of nitrogens with one attached hydrogen (secondary N) is 1. The lowest BCUT2D eigenvalue weighted by molar-refractivity contribution is -0.0630. The van der Waals surface area contributed by atoms with Crippen LogP contribution in [-0.2, 0) is 11.3 Å². The number of hydrogen-bond donors (Lipinski definition) is 1. The van der Waals surface area contributed by atoms with Crippen molar-refractivity contribution >= 4 is 23.2 Å². The lowest BCUT2D eigenvalue weighted by atomic mass is 9.94. The number of hydrogen-bond acceptors (Lipinski definition) is 2. The van der Waals surface area contributed by atoms with E-state index in [9.17, 15) is 0 Å². The van der Waals surface area contributed by atoms with Crippen LogP contribution < -0.4 is 5.32 Å². The van der Waals surface area contributed by atoms with Crippen molar-refractivity contribution in [3.8, 4) is 0 Å². The molecule has 0 aromatic heterocycles. The van der Waals surface area contributed by atoms with Gasteiger partial charge in [0.2, 0.25) is 0 Å². The minimum atomic E-state index is -0.0337. The molecule has 1 heterocycles. The first-order valence-corrected chi connectivity index (χ1v) is 7.04. The van der Waals surface area contributed by atoms with E-state index in [1.807, 2.05) is 18.2 Å². The molecule has 1 aromatic rings. The van der Waals surface area contributed by atoms with Crippen molar-refractivity contribution in [2.45, 2.75) is 44.9 Å². The maximum Gasteiger partial charge on any atom is 0.0641 e. The average molecular weight is 288 g/mol. The minimum absolute atomic E-state index is 0.0337. The molecular weight excluding hydrogens is 269 g/mol. The van der Waals surface area contributed by atoms with E-state index in [2.05, 4.69) is 19.2 Å². The Hall–Kier alpha value is -0.280. The molecule has 0 radical (unpaired) electrons. The Kier molecular flexibility index (Phi) is 4.54. The van der Waals surface area contributed by atoms with E-state index in [-0.39, 0.29) is 5.60 Å². The van der Waals surface area contributed by atoms with Crippen molar-refractivity contribution in [2.75, 3.05) is 6.61 Å². The maximum atomic E-state index is 6.17. The molecule has 2 rings (SSSR count). The van der Waals surface area contributed by atoms with Gasteiger partial charge in [0.05, 0.1) is 15.6 Å². The second-order valence-electron chi connectivity index (χ2n) is 5.39. The van der Waals surface area contributed by atoms with Crippen molar-refractivity contribution < 1.29 is 4.74 Å². The number of ether oxygens (including phenoxy) is 1. The average Bonchev–Trinajstić information content (AvgIpc) is 2.30. The van der Waals surface area contributed by atoms with Crippen molar-refractivity contribution in [1.82, 2.24) is 5.32 Å². The van der Waals surface area contributed by atoms with Gasteiger partial charge in [-0.15, -0.1) is 0 Å². The number of benzene rings is 1. The Bertz CT molecular complexity index is 420. The lowest BCUT2D eigenvalue weighted by Crippen LogP contribution is -2.43. The molecule has 1 aliphatic heterocycles. The van der Waals surface area contributed by atoms with Crippen LogP contribution in [0.5, 0.6) is 0 Å². The third-order valence-electron chi connectivity index (χ3n) is 3.31. The van der Waals surface area contributed by atoms with Crippen LogP contribution in [0.4, 0.5) is 0 Å². The smallest absolute Gasteiger partial charge is 0.0641 e. The van der Waals surface area contributed by atoms with E-state index in [0.717, 1.165) is 31.6 Å².